The molecule has 7 heteroatoms. The zero-order valence-electron chi connectivity index (χ0n) is 10.9. The van der Waals surface area contributed by atoms with Gasteiger partial charge in [0.25, 0.3) is 5.91 Å². The molecule has 1 aliphatic rings. The lowest BCUT2D eigenvalue weighted by atomic mass is 10.1. The summed E-state index contributed by atoms with van der Waals surface area (Å²) in [6.45, 7) is 0. The Morgan fingerprint density at radius 1 is 1.33 bits per heavy atom. The lowest BCUT2D eigenvalue weighted by molar-refractivity contribution is -0.344. The molecule has 0 saturated heterocycles. The number of aromatic nitrogens is 1. The van der Waals surface area contributed by atoms with Crippen molar-refractivity contribution in [3.05, 3.63) is 41.2 Å². The van der Waals surface area contributed by atoms with E-state index < -0.39 is 5.82 Å². The third-order valence-corrected chi connectivity index (χ3v) is 3.41. The van der Waals surface area contributed by atoms with Gasteiger partial charge in [0.15, 0.2) is 5.82 Å². The van der Waals surface area contributed by atoms with Gasteiger partial charge in [0.1, 0.15) is 17.3 Å². The summed E-state index contributed by atoms with van der Waals surface area (Å²) >= 11 is 0. The largest absolute Gasteiger partial charge is 0.397 e. The predicted molar refractivity (Wildman–Crippen MR) is 73.8 cm³/mol. The van der Waals surface area contributed by atoms with E-state index in [4.69, 9.17) is 16.7 Å². The number of hydrogen-bond donors (Lipinski definition) is 2. The second-order valence-electron chi connectivity index (χ2n) is 4.62. The summed E-state index contributed by atoms with van der Waals surface area (Å²) in [4.78, 5) is 16.2. The number of fused-ring (bicyclic) bond motifs is 1. The van der Waals surface area contributed by atoms with Crippen LogP contribution in [0.25, 0.3) is 0 Å². The first-order chi connectivity index (χ1) is 10.0. The van der Waals surface area contributed by atoms with Gasteiger partial charge in [0.05, 0.1) is 17.7 Å². The number of pyridine rings is 1. The number of benzene rings is 1. The minimum Gasteiger partial charge on any atom is -0.397 e. The number of rotatable bonds is 1. The molecular weight excluding hydrogens is 273 g/mol. The van der Waals surface area contributed by atoms with Crippen LogP contribution >= 0.6 is 0 Å². The summed E-state index contributed by atoms with van der Waals surface area (Å²) in [6, 6.07) is 7.79. The van der Waals surface area contributed by atoms with Crippen LogP contribution in [-0.2, 0) is 11.2 Å². The number of nitrogens with one attached hydrogen (secondary N) is 1. The summed E-state index contributed by atoms with van der Waals surface area (Å²) in [5, 5.41) is 9.03. The fraction of sp³-hybridized carbons (Fsp3) is 0.0714. The highest BCUT2D eigenvalue weighted by Gasteiger charge is 2.39. The van der Waals surface area contributed by atoms with E-state index in [9.17, 15) is 9.18 Å². The highest BCUT2D eigenvalue weighted by molar-refractivity contribution is 6.07. The number of aromatic amines is 1. The zero-order chi connectivity index (χ0) is 15.1. The van der Waals surface area contributed by atoms with E-state index in [0.717, 1.165) is 0 Å². The molecule has 0 saturated carbocycles. The first-order valence-corrected chi connectivity index (χ1v) is 6.15. The lowest BCUT2D eigenvalue weighted by Gasteiger charge is -2.13. The minimum absolute atomic E-state index is 0.0129. The number of para-hydroxylation sites is 1. The molecule has 0 spiro atoms. The number of nitriles is 1. The van der Waals surface area contributed by atoms with Crippen molar-refractivity contribution in [1.29, 1.82) is 5.26 Å². The molecule has 1 aromatic carbocycles. The predicted octanol–water partition coefficient (Wildman–Crippen LogP) is 0.897. The number of amides is 1. The molecule has 2 aromatic rings. The molecule has 0 aliphatic carbocycles. The third kappa shape index (κ3) is 1.77. The average Bonchev–Trinajstić information content (AvgIpc) is 2.77. The maximum Gasteiger partial charge on any atom is 0.292 e. The highest BCUT2D eigenvalue weighted by Crippen LogP contribution is 2.38. The van der Waals surface area contributed by atoms with Crippen LogP contribution in [0.15, 0.2) is 24.3 Å². The number of carbonyl (C=O) groups is 1. The number of halogens is 1. The number of nitrogen functional groups attached to an aromatic ring is 2. The van der Waals surface area contributed by atoms with Crippen molar-refractivity contribution in [2.45, 2.75) is 6.42 Å². The second-order valence-corrected chi connectivity index (χ2v) is 4.62. The fourth-order valence-corrected chi connectivity index (χ4v) is 2.42. The first kappa shape index (κ1) is 12.9. The van der Waals surface area contributed by atoms with Crippen molar-refractivity contribution in [2.24, 2.45) is 0 Å². The molecule has 5 N–H and O–H groups in total. The lowest BCUT2D eigenvalue weighted by Crippen LogP contribution is -2.28. The zero-order valence-corrected chi connectivity index (χ0v) is 10.9. The maximum absolute atomic E-state index is 13.9. The van der Waals surface area contributed by atoms with Crippen LogP contribution in [0.1, 0.15) is 11.1 Å². The van der Waals surface area contributed by atoms with Gasteiger partial charge >= 0.3 is 0 Å². The van der Waals surface area contributed by atoms with Crippen LogP contribution in [0.5, 0.6) is 0 Å². The van der Waals surface area contributed by atoms with Gasteiger partial charge in [-0.05, 0) is 12.1 Å². The van der Waals surface area contributed by atoms with Gasteiger partial charge in [-0.15, -0.1) is 0 Å². The van der Waals surface area contributed by atoms with Gasteiger partial charge < -0.3 is 11.5 Å². The van der Waals surface area contributed by atoms with Gasteiger partial charge in [-0.25, -0.2) is 9.37 Å². The van der Waals surface area contributed by atoms with Gasteiger partial charge in [-0.2, -0.15) is 10.2 Å². The van der Waals surface area contributed by atoms with Crippen molar-refractivity contribution >= 4 is 28.9 Å². The number of carbonyl (C=O) groups excluding carboxylic acids is 1. The smallest absolute Gasteiger partial charge is 0.292 e. The van der Waals surface area contributed by atoms with E-state index in [1.165, 1.54) is 23.1 Å². The van der Waals surface area contributed by atoms with E-state index in [-0.39, 0.29) is 35.1 Å². The Kier molecular flexibility index (Phi) is 2.73. The van der Waals surface area contributed by atoms with Crippen molar-refractivity contribution in [3.63, 3.8) is 0 Å². The van der Waals surface area contributed by atoms with Crippen LogP contribution in [0, 0.1) is 17.1 Å². The van der Waals surface area contributed by atoms with Gasteiger partial charge in [-0.3, -0.25) is 4.79 Å². The Balaban J connectivity index is 2.25. The second kappa shape index (κ2) is 4.45. The van der Waals surface area contributed by atoms with Crippen LogP contribution in [0.4, 0.5) is 27.4 Å². The van der Waals surface area contributed by atoms with Crippen LogP contribution < -0.4 is 21.4 Å². The minimum atomic E-state index is -0.534. The van der Waals surface area contributed by atoms with E-state index in [0.29, 0.717) is 11.4 Å². The molecular formula is C14H11FN5O+. The average molecular weight is 284 g/mol. The van der Waals surface area contributed by atoms with E-state index in [2.05, 4.69) is 4.98 Å². The molecule has 1 aromatic heterocycles. The summed E-state index contributed by atoms with van der Waals surface area (Å²) in [7, 11) is 0. The van der Waals surface area contributed by atoms with Gasteiger partial charge in [0, 0.05) is 0 Å². The van der Waals surface area contributed by atoms with Crippen molar-refractivity contribution in [3.8, 4) is 6.07 Å². The Morgan fingerprint density at radius 2 is 2.05 bits per heavy atom. The molecule has 0 radical (unpaired) electrons. The van der Waals surface area contributed by atoms with E-state index in [1.54, 1.807) is 6.07 Å². The molecule has 104 valence electrons. The van der Waals surface area contributed by atoms with E-state index >= 15 is 0 Å². The van der Waals surface area contributed by atoms with Gasteiger partial charge in [-0.1, -0.05) is 12.1 Å². The standard InChI is InChI=1S/C14H10FN5O/c15-9-3-1-2-4-10(9)20-11(21)5-7-12(17)8(6-16)13(18)19-14(7)20/h1-4H,5H2,(H4,17,18,19)/p+1. The number of H-pyrrole nitrogens is 1. The Hall–Kier alpha value is -3.14. The fourth-order valence-electron chi connectivity index (χ4n) is 2.42. The maximum atomic E-state index is 13.9. The van der Waals surface area contributed by atoms with Crippen LogP contribution in [-0.4, -0.2) is 5.91 Å². The monoisotopic (exact) mass is 284 g/mol. The molecule has 21 heavy (non-hydrogen) atoms. The van der Waals surface area contributed by atoms with Crippen LogP contribution in [0.2, 0.25) is 0 Å². The molecule has 0 unspecified atom stereocenters. The molecule has 2 heterocycles. The number of nitrogens with zero attached hydrogens (tertiary/aromatic N) is 2. The van der Waals surface area contributed by atoms with E-state index in [1.807, 2.05) is 6.07 Å². The molecule has 0 bridgehead atoms. The number of hydrogen-bond acceptors (Lipinski definition) is 4. The molecule has 1 amide bonds. The van der Waals surface area contributed by atoms with Crippen molar-refractivity contribution in [2.75, 3.05) is 16.4 Å². The Morgan fingerprint density at radius 3 is 2.71 bits per heavy atom. The normalized spacial score (nSPS) is 13.1. The summed E-state index contributed by atoms with van der Waals surface area (Å²) in [5.74, 6) is -0.523. The van der Waals surface area contributed by atoms with Crippen molar-refractivity contribution < 1.29 is 14.2 Å². The van der Waals surface area contributed by atoms with Crippen LogP contribution in [0.3, 0.4) is 0 Å². The topological polar surface area (TPSA) is 110 Å². The molecule has 3 rings (SSSR count). The number of anilines is 4. The van der Waals surface area contributed by atoms with Gasteiger partial charge in [0.2, 0.25) is 11.6 Å². The molecule has 0 fully saturated rings. The van der Waals surface area contributed by atoms with Crippen molar-refractivity contribution in [1.82, 2.24) is 0 Å². The molecule has 1 aliphatic heterocycles. The Bertz CT molecular complexity index is 812. The SMILES string of the molecule is N#Cc1c(N)[nH+]c2c(c1N)CC(=O)N2c1ccccc1F. The molecule has 6 nitrogen and oxygen atoms in total. The third-order valence-electron chi connectivity index (χ3n) is 3.41. The summed E-state index contributed by atoms with van der Waals surface area (Å²) < 4.78 is 13.9. The summed E-state index contributed by atoms with van der Waals surface area (Å²) in [6.07, 6.45) is -0.0129. The summed E-state index contributed by atoms with van der Waals surface area (Å²) in [5.41, 5.74) is 12.4. The first-order valence-electron chi connectivity index (χ1n) is 6.15. The highest BCUT2D eigenvalue weighted by atomic mass is 19.1. The quantitative estimate of drug-likeness (QED) is 0.810. The Labute approximate surface area is 119 Å². The number of nitrogens with two attached hydrogens (primary N) is 2. The molecule has 0 atom stereocenters.